The van der Waals surface area contributed by atoms with Gasteiger partial charge in [0.25, 0.3) is 0 Å². The van der Waals surface area contributed by atoms with Crippen molar-refractivity contribution in [1.29, 1.82) is 0 Å². The molecule has 0 spiro atoms. The van der Waals surface area contributed by atoms with Crippen molar-refractivity contribution < 1.29 is 14.3 Å². The lowest BCUT2D eigenvalue weighted by molar-refractivity contribution is -0.136. The van der Waals surface area contributed by atoms with Crippen LogP contribution in [0.15, 0.2) is 52.9 Å². The zero-order valence-electron chi connectivity index (χ0n) is 18.8. The molecule has 6 nitrogen and oxygen atoms in total. The fourth-order valence-corrected chi connectivity index (χ4v) is 3.56. The van der Waals surface area contributed by atoms with E-state index in [1.807, 2.05) is 36.4 Å². The van der Waals surface area contributed by atoms with Crippen molar-refractivity contribution in [3.05, 3.63) is 71.1 Å². The number of rotatable bonds is 12. The monoisotopic (exact) mass is 433 g/mol. The van der Waals surface area contributed by atoms with E-state index < -0.39 is 5.97 Å². The maximum atomic E-state index is 10.6. The van der Waals surface area contributed by atoms with E-state index in [2.05, 4.69) is 47.6 Å². The van der Waals surface area contributed by atoms with Crippen LogP contribution in [0.5, 0.6) is 0 Å². The smallest absolute Gasteiger partial charge is 0.304 e. The molecule has 32 heavy (non-hydrogen) atoms. The first kappa shape index (κ1) is 23.4. The molecule has 3 aromatic rings. The van der Waals surface area contributed by atoms with Crippen LogP contribution >= 0.6 is 0 Å². The van der Waals surface area contributed by atoms with Gasteiger partial charge in [0.2, 0.25) is 11.8 Å². The minimum absolute atomic E-state index is 0.111. The zero-order chi connectivity index (χ0) is 22.8. The Morgan fingerprint density at radius 1 is 1.09 bits per heavy atom. The van der Waals surface area contributed by atoms with Crippen LogP contribution < -0.4 is 5.32 Å². The Hall–Kier alpha value is -3.25. The Balaban J connectivity index is 1.78. The summed E-state index contributed by atoms with van der Waals surface area (Å²) in [5.74, 6) is 0.228. The number of benzene rings is 2. The molecule has 0 aliphatic carbocycles. The molecule has 3 rings (SSSR count). The molecule has 0 bridgehead atoms. The lowest BCUT2D eigenvalue weighted by Crippen LogP contribution is -2.17. The van der Waals surface area contributed by atoms with Crippen molar-refractivity contribution in [2.75, 3.05) is 6.54 Å². The van der Waals surface area contributed by atoms with E-state index in [0.717, 1.165) is 42.4 Å². The van der Waals surface area contributed by atoms with Crippen molar-refractivity contribution in [2.24, 2.45) is 0 Å². The van der Waals surface area contributed by atoms with Gasteiger partial charge in [-0.15, -0.1) is 10.2 Å². The van der Waals surface area contributed by atoms with Crippen LogP contribution in [0.1, 0.15) is 62.1 Å². The predicted molar refractivity (Wildman–Crippen MR) is 127 cm³/mol. The van der Waals surface area contributed by atoms with Gasteiger partial charge in [0.05, 0.1) is 6.42 Å². The van der Waals surface area contributed by atoms with E-state index in [9.17, 15) is 4.79 Å². The minimum atomic E-state index is -0.798. The van der Waals surface area contributed by atoms with Gasteiger partial charge in [-0.05, 0) is 47.6 Å². The molecule has 1 heterocycles. The third-order valence-electron chi connectivity index (χ3n) is 5.31. The van der Waals surface area contributed by atoms with Gasteiger partial charge in [-0.1, -0.05) is 62.7 Å². The molecule has 6 heteroatoms. The van der Waals surface area contributed by atoms with Gasteiger partial charge in [0.1, 0.15) is 0 Å². The molecule has 0 atom stereocenters. The second-order valence-corrected chi connectivity index (χ2v) is 7.75. The second kappa shape index (κ2) is 12.0. The van der Waals surface area contributed by atoms with Crippen molar-refractivity contribution >= 4 is 17.6 Å². The number of carbonyl (C=O) groups is 1. The van der Waals surface area contributed by atoms with Crippen molar-refractivity contribution in [2.45, 2.75) is 52.5 Å². The van der Waals surface area contributed by atoms with Crippen LogP contribution in [0.2, 0.25) is 0 Å². The maximum Gasteiger partial charge on any atom is 0.304 e. The van der Waals surface area contributed by atoms with Gasteiger partial charge >= 0.3 is 5.97 Å². The summed E-state index contributed by atoms with van der Waals surface area (Å²) in [6, 6.07) is 16.4. The SMILES string of the molecule is CCCCC(=Cc1nnc(-c2ccc(CNCCC(=O)O)cc2CC)o1)c1ccccc1. The summed E-state index contributed by atoms with van der Waals surface area (Å²) in [6.07, 6.45) is 6.12. The van der Waals surface area contributed by atoms with E-state index in [-0.39, 0.29) is 6.42 Å². The van der Waals surface area contributed by atoms with Gasteiger partial charge in [0.15, 0.2) is 0 Å². The molecule has 2 aromatic carbocycles. The third kappa shape index (κ3) is 6.62. The average Bonchev–Trinajstić information content (AvgIpc) is 3.28. The highest BCUT2D eigenvalue weighted by Gasteiger charge is 2.13. The lowest BCUT2D eigenvalue weighted by atomic mass is 10.00. The zero-order valence-corrected chi connectivity index (χ0v) is 18.8. The summed E-state index contributed by atoms with van der Waals surface area (Å²) in [6.45, 7) is 5.34. The first-order valence-electron chi connectivity index (χ1n) is 11.2. The molecular formula is C26H31N3O3. The minimum Gasteiger partial charge on any atom is -0.481 e. The quantitative estimate of drug-likeness (QED) is 0.362. The Morgan fingerprint density at radius 3 is 2.62 bits per heavy atom. The molecule has 2 N–H and O–H groups in total. The second-order valence-electron chi connectivity index (χ2n) is 7.75. The maximum absolute atomic E-state index is 10.6. The highest BCUT2D eigenvalue weighted by molar-refractivity contribution is 5.79. The number of aromatic nitrogens is 2. The summed E-state index contributed by atoms with van der Waals surface area (Å²) in [4.78, 5) is 10.6. The van der Waals surface area contributed by atoms with E-state index in [1.165, 1.54) is 11.1 Å². The Morgan fingerprint density at radius 2 is 1.91 bits per heavy atom. The van der Waals surface area contributed by atoms with Crippen molar-refractivity contribution in [1.82, 2.24) is 15.5 Å². The summed E-state index contributed by atoms with van der Waals surface area (Å²) >= 11 is 0. The Bertz CT molecular complexity index is 1040. The topological polar surface area (TPSA) is 88.2 Å². The van der Waals surface area contributed by atoms with Crippen LogP contribution in [0.25, 0.3) is 23.1 Å². The van der Waals surface area contributed by atoms with Gasteiger partial charge < -0.3 is 14.8 Å². The van der Waals surface area contributed by atoms with Crippen molar-refractivity contribution in [3.8, 4) is 11.5 Å². The number of allylic oxidation sites excluding steroid dienone is 1. The van der Waals surface area contributed by atoms with Gasteiger partial charge in [0, 0.05) is 24.7 Å². The van der Waals surface area contributed by atoms with E-state index >= 15 is 0 Å². The number of nitrogens with one attached hydrogen (secondary N) is 1. The summed E-state index contributed by atoms with van der Waals surface area (Å²) in [5, 5.41) is 20.5. The predicted octanol–water partition coefficient (Wildman–Crippen LogP) is 5.59. The molecule has 0 unspecified atom stereocenters. The van der Waals surface area contributed by atoms with Crippen LogP contribution in [0.4, 0.5) is 0 Å². The molecule has 0 fully saturated rings. The largest absolute Gasteiger partial charge is 0.481 e. The van der Waals surface area contributed by atoms with Crippen molar-refractivity contribution in [3.63, 3.8) is 0 Å². The number of hydrogen-bond donors (Lipinski definition) is 2. The van der Waals surface area contributed by atoms with E-state index in [1.54, 1.807) is 0 Å². The molecule has 0 amide bonds. The summed E-state index contributed by atoms with van der Waals surface area (Å²) in [7, 11) is 0. The Kier molecular flexibility index (Phi) is 8.75. The Labute approximate surface area is 189 Å². The van der Waals surface area contributed by atoms with Crippen LogP contribution in [0.3, 0.4) is 0 Å². The highest BCUT2D eigenvalue weighted by Crippen LogP contribution is 2.27. The number of unbranched alkanes of at least 4 members (excludes halogenated alkanes) is 1. The number of hydrogen-bond acceptors (Lipinski definition) is 5. The molecular weight excluding hydrogens is 402 g/mol. The first-order chi connectivity index (χ1) is 15.6. The number of aliphatic carboxylic acids is 1. The summed E-state index contributed by atoms with van der Waals surface area (Å²) < 4.78 is 6.03. The van der Waals surface area contributed by atoms with Crippen LogP contribution in [0, 0.1) is 0 Å². The lowest BCUT2D eigenvalue weighted by Gasteiger charge is -2.09. The fraction of sp³-hybridized carbons (Fsp3) is 0.346. The average molecular weight is 434 g/mol. The molecule has 0 saturated carbocycles. The fourth-order valence-electron chi connectivity index (χ4n) is 3.56. The van der Waals surface area contributed by atoms with Gasteiger partial charge in [-0.2, -0.15) is 0 Å². The molecule has 0 aliphatic rings. The number of carboxylic acids is 1. The summed E-state index contributed by atoms with van der Waals surface area (Å²) in [5.41, 5.74) is 5.53. The number of aryl methyl sites for hydroxylation is 1. The standard InChI is InChI=1S/C26H31N3O3/c1-3-5-9-22(21-10-7-6-8-11-21)17-24-28-29-26(32-24)23-13-12-19(16-20(23)4-2)18-27-15-14-25(30)31/h6-8,10-13,16-17,27H,3-5,9,14-15,18H2,1-2H3,(H,30,31). The first-order valence-corrected chi connectivity index (χ1v) is 11.2. The van der Waals surface area contributed by atoms with Gasteiger partial charge in [-0.25, -0.2) is 0 Å². The number of nitrogens with zero attached hydrogens (tertiary/aromatic N) is 2. The highest BCUT2D eigenvalue weighted by atomic mass is 16.4. The van der Waals surface area contributed by atoms with Gasteiger partial charge in [-0.3, -0.25) is 4.79 Å². The van der Waals surface area contributed by atoms with Crippen LogP contribution in [-0.2, 0) is 17.8 Å². The molecule has 0 radical (unpaired) electrons. The van der Waals surface area contributed by atoms with E-state index in [0.29, 0.717) is 24.9 Å². The molecule has 1 aromatic heterocycles. The third-order valence-corrected chi connectivity index (χ3v) is 5.31. The molecule has 168 valence electrons. The van der Waals surface area contributed by atoms with E-state index in [4.69, 9.17) is 9.52 Å². The number of carboxylic acid groups (broad SMARTS) is 1. The molecule has 0 saturated heterocycles. The normalized spacial score (nSPS) is 11.6. The van der Waals surface area contributed by atoms with Crippen LogP contribution in [-0.4, -0.2) is 27.8 Å². The molecule has 0 aliphatic heterocycles.